The van der Waals surface area contributed by atoms with E-state index in [0.29, 0.717) is 12.4 Å². The maximum absolute atomic E-state index is 13.0. The number of nitrogens with zero attached hydrogens (tertiary/aromatic N) is 1. The first-order valence-corrected chi connectivity index (χ1v) is 8.21. The highest BCUT2D eigenvalue weighted by atomic mass is 19.4. The van der Waals surface area contributed by atoms with Gasteiger partial charge in [-0.25, -0.2) is 4.79 Å². The Kier molecular flexibility index (Phi) is 5.99. The van der Waals surface area contributed by atoms with Gasteiger partial charge in [-0.1, -0.05) is 12.1 Å². The molecule has 0 radical (unpaired) electrons. The lowest BCUT2D eigenvalue weighted by atomic mass is 9.96. The SMILES string of the molecule is CCOc1cccc(C(C)NC(=O)N2C[C@@H](C(F)(F)F)[C@H](C(=O)O)C2)c1. The first-order chi connectivity index (χ1) is 12.1. The van der Waals surface area contributed by atoms with Crippen molar-refractivity contribution in [3.05, 3.63) is 29.8 Å². The summed E-state index contributed by atoms with van der Waals surface area (Å²) in [4.78, 5) is 24.3. The lowest BCUT2D eigenvalue weighted by Gasteiger charge is -2.22. The molecule has 1 aliphatic rings. The number of carbonyl (C=O) groups is 2. The summed E-state index contributed by atoms with van der Waals surface area (Å²) < 4.78 is 44.4. The average molecular weight is 374 g/mol. The summed E-state index contributed by atoms with van der Waals surface area (Å²) in [6, 6.07) is 5.80. The highest BCUT2D eigenvalue weighted by Crippen LogP contribution is 2.37. The zero-order chi connectivity index (χ0) is 19.5. The van der Waals surface area contributed by atoms with Crippen molar-refractivity contribution in [2.75, 3.05) is 19.7 Å². The van der Waals surface area contributed by atoms with Gasteiger partial charge in [-0.3, -0.25) is 4.79 Å². The van der Waals surface area contributed by atoms with E-state index in [1.807, 2.05) is 6.92 Å². The van der Waals surface area contributed by atoms with Crippen molar-refractivity contribution in [1.82, 2.24) is 10.2 Å². The number of ether oxygens (including phenoxy) is 1. The number of likely N-dealkylation sites (tertiary alicyclic amines) is 1. The number of carboxylic acids is 1. The van der Waals surface area contributed by atoms with Crippen LogP contribution in [0.15, 0.2) is 24.3 Å². The van der Waals surface area contributed by atoms with Crippen molar-refractivity contribution in [2.24, 2.45) is 11.8 Å². The van der Waals surface area contributed by atoms with Gasteiger partial charge in [0.2, 0.25) is 0 Å². The molecule has 144 valence electrons. The van der Waals surface area contributed by atoms with E-state index in [9.17, 15) is 22.8 Å². The molecule has 0 aromatic heterocycles. The molecule has 1 aromatic rings. The Morgan fingerprint density at radius 2 is 2.08 bits per heavy atom. The predicted molar refractivity (Wildman–Crippen MR) is 86.8 cm³/mol. The van der Waals surface area contributed by atoms with Crippen LogP contribution < -0.4 is 10.1 Å². The van der Waals surface area contributed by atoms with Gasteiger partial charge in [-0.05, 0) is 31.5 Å². The Hall–Kier alpha value is -2.45. The third-order valence-corrected chi connectivity index (χ3v) is 4.35. The predicted octanol–water partition coefficient (Wildman–Crippen LogP) is 3.05. The number of alkyl halides is 3. The largest absolute Gasteiger partial charge is 0.494 e. The zero-order valence-corrected chi connectivity index (χ0v) is 14.4. The molecule has 1 saturated heterocycles. The molecule has 0 bridgehead atoms. The average Bonchev–Trinajstić information content (AvgIpc) is 3.01. The fourth-order valence-electron chi connectivity index (χ4n) is 2.95. The number of aliphatic carboxylic acids is 1. The second kappa shape index (κ2) is 7.84. The van der Waals surface area contributed by atoms with Crippen molar-refractivity contribution in [3.63, 3.8) is 0 Å². The summed E-state index contributed by atoms with van der Waals surface area (Å²) in [5.74, 6) is -4.66. The fraction of sp³-hybridized carbons (Fsp3) is 0.529. The van der Waals surface area contributed by atoms with E-state index < -0.39 is 49.1 Å². The fourth-order valence-corrected chi connectivity index (χ4v) is 2.95. The van der Waals surface area contributed by atoms with E-state index in [1.54, 1.807) is 31.2 Å². The molecular weight excluding hydrogens is 353 g/mol. The quantitative estimate of drug-likeness (QED) is 0.830. The summed E-state index contributed by atoms with van der Waals surface area (Å²) in [5.41, 5.74) is 0.727. The van der Waals surface area contributed by atoms with Crippen LogP contribution in [0.4, 0.5) is 18.0 Å². The maximum Gasteiger partial charge on any atom is 0.394 e. The minimum atomic E-state index is -4.67. The number of benzene rings is 1. The molecule has 0 aliphatic carbocycles. The third-order valence-electron chi connectivity index (χ3n) is 4.35. The number of urea groups is 1. The smallest absolute Gasteiger partial charge is 0.394 e. The van der Waals surface area contributed by atoms with Crippen LogP contribution in [0.1, 0.15) is 25.5 Å². The zero-order valence-electron chi connectivity index (χ0n) is 14.4. The number of amides is 2. The molecule has 0 spiro atoms. The highest BCUT2D eigenvalue weighted by molar-refractivity contribution is 5.78. The van der Waals surface area contributed by atoms with E-state index in [0.717, 1.165) is 10.5 Å². The molecule has 9 heteroatoms. The minimum absolute atomic E-state index is 0.475. The molecule has 1 unspecified atom stereocenters. The minimum Gasteiger partial charge on any atom is -0.494 e. The third kappa shape index (κ3) is 4.59. The van der Waals surface area contributed by atoms with Gasteiger partial charge in [0, 0.05) is 13.1 Å². The van der Waals surface area contributed by atoms with Gasteiger partial charge in [0.1, 0.15) is 5.75 Å². The Labute approximate surface area is 148 Å². The van der Waals surface area contributed by atoms with Gasteiger partial charge in [-0.15, -0.1) is 0 Å². The monoisotopic (exact) mass is 374 g/mol. The molecule has 2 amide bonds. The molecule has 6 nitrogen and oxygen atoms in total. The van der Waals surface area contributed by atoms with Crippen LogP contribution in [-0.4, -0.2) is 47.9 Å². The molecule has 1 heterocycles. The second-order valence-corrected chi connectivity index (χ2v) is 6.17. The van der Waals surface area contributed by atoms with Crippen LogP contribution in [0.3, 0.4) is 0 Å². The van der Waals surface area contributed by atoms with Crippen LogP contribution in [0.2, 0.25) is 0 Å². The van der Waals surface area contributed by atoms with Crippen molar-refractivity contribution < 1.29 is 32.6 Å². The van der Waals surface area contributed by atoms with Gasteiger partial charge >= 0.3 is 18.2 Å². The number of carboxylic acid groups (broad SMARTS) is 1. The lowest BCUT2D eigenvalue weighted by Crippen LogP contribution is -2.40. The van der Waals surface area contributed by atoms with Gasteiger partial charge in [0.05, 0.1) is 24.5 Å². The van der Waals surface area contributed by atoms with Crippen molar-refractivity contribution in [1.29, 1.82) is 0 Å². The number of rotatable bonds is 5. The molecular formula is C17H21F3N2O4. The number of carbonyl (C=O) groups excluding carboxylic acids is 1. The number of halogens is 3. The highest BCUT2D eigenvalue weighted by Gasteiger charge is 2.53. The molecule has 2 N–H and O–H groups in total. The van der Waals surface area contributed by atoms with E-state index >= 15 is 0 Å². The second-order valence-electron chi connectivity index (χ2n) is 6.17. The van der Waals surface area contributed by atoms with E-state index in [2.05, 4.69) is 5.32 Å². The molecule has 3 atom stereocenters. The van der Waals surface area contributed by atoms with Crippen molar-refractivity contribution in [2.45, 2.75) is 26.1 Å². The van der Waals surface area contributed by atoms with Gasteiger partial charge < -0.3 is 20.1 Å². The van der Waals surface area contributed by atoms with Gasteiger partial charge in [0.25, 0.3) is 0 Å². The van der Waals surface area contributed by atoms with Crippen molar-refractivity contribution >= 4 is 12.0 Å². The summed E-state index contributed by atoms with van der Waals surface area (Å²) in [7, 11) is 0. The van der Waals surface area contributed by atoms with Crippen molar-refractivity contribution in [3.8, 4) is 5.75 Å². The Bertz CT molecular complexity index is 666. The van der Waals surface area contributed by atoms with Crippen LogP contribution in [0.5, 0.6) is 5.75 Å². The summed E-state index contributed by atoms with van der Waals surface area (Å²) in [5, 5.41) is 11.6. The molecule has 0 saturated carbocycles. The maximum atomic E-state index is 13.0. The Morgan fingerprint density at radius 3 is 2.62 bits per heavy atom. The first-order valence-electron chi connectivity index (χ1n) is 8.21. The standard InChI is InChI=1S/C17H21F3N2O4/c1-3-26-12-6-4-5-11(7-12)10(2)21-16(25)22-8-13(15(23)24)14(9-22)17(18,19)20/h4-7,10,13-14H,3,8-9H2,1-2H3,(H,21,25)(H,23,24)/t10?,13-,14-/m1/s1. The number of hydrogen-bond acceptors (Lipinski definition) is 3. The number of nitrogens with one attached hydrogen (secondary N) is 1. The summed E-state index contributed by atoms with van der Waals surface area (Å²) in [6.07, 6.45) is -4.67. The first kappa shape index (κ1) is 19.9. The topological polar surface area (TPSA) is 78.9 Å². The Morgan fingerprint density at radius 1 is 1.38 bits per heavy atom. The number of hydrogen-bond donors (Lipinski definition) is 2. The molecule has 26 heavy (non-hydrogen) atoms. The molecule has 1 aliphatic heterocycles. The van der Waals surface area contributed by atoms with Gasteiger partial charge in [0.15, 0.2) is 0 Å². The van der Waals surface area contributed by atoms with E-state index in [1.165, 1.54) is 0 Å². The summed E-state index contributed by atoms with van der Waals surface area (Å²) >= 11 is 0. The molecule has 1 fully saturated rings. The van der Waals surface area contributed by atoms with E-state index in [-0.39, 0.29) is 0 Å². The van der Waals surface area contributed by atoms with Gasteiger partial charge in [-0.2, -0.15) is 13.2 Å². The summed E-state index contributed by atoms with van der Waals surface area (Å²) in [6.45, 7) is 2.86. The molecule has 1 aromatic carbocycles. The lowest BCUT2D eigenvalue weighted by molar-refractivity contribution is -0.187. The van der Waals surface area contributed by atoms with E-state index in [4.69, 9.17) is 9.84 Å². The Balaban J connectivity index is 2.05. The van der Waals surface area contributed by atoms with Crippen LogP contribution in [0, 0.1) is 11.8 Å². The van der Waals surface area contributed by atoms with Crippen LogP contribution in [0.25, 0.3) is 0 Å². The van der Waals surface area contributed by atoms with Crippen LogP contribution >= 0.6 is 0 Å². The normalized spacial score (nSPS) is 21.3. The van der Waals surface area contributed by atoms with Crippen LogP contribution in [-0.2, 0) is 4.79 Å². The molecule has 2 rings (SSSR count).